The second-order valence-electron chi connectivity index (χ2n) is 21.3. The average molecular weight is 1160 g/mol. The van der Waals surface area contributed by atoms with Crippen molar-refractivity contribution in [3.05, 3.63) is 251 Å². The van der Waals surface area contributed by atoms with Gasteiger partial charge in [-0.05, 0) is 58.4 Å². The molecule has 2 heterocycles. The summed E-state index contributed by atoms with van der Waals surface area (Å²) in [5.41, 5.74) is 5.96. The third-order valence-corrected chi connectivity index (χ3v) is 14.9. The first kappa shape index (κ1) is 62.6. The Morgan fingerprint density at radius 3 is 1.14 bits per heavy atom. The van der Waals surface area contributed by atoms with Gasteiger partial charge < -0.3 is 56.8 Å². The van der Waals surface area contributed by atoms with Crippen molar-refractivity contribution in [2.45, 2.75) is 146 Å². The Hall–Kier alpha value is -6.92. The van der Waals surface area contributed by atoms with Crippen LogP contribution in [0.5, 0.6) is 0 Å². The average Bonchev–Trinajstić information content (AvgIpc) is 2.08. The predicted octanol–water partition coefficient (Wildman–Crippen LogP) is 12.7. The molecule has 9 rings (SSSR count). The second-order valence-corrected chi connectivity index (χ2v) is 21.3. The summed E-state index contributed by atoms with van der Waals surface area (Å²) in [5.74, 6) is -0.816. The molecule has 14 heteroatoms. The van der Waals surface area contributed by atoms with E-state index < -0.39 is 67.4 Å². The van der Waals surface area contributed by atoms with Gasteiger partial charge in [-0.1, -0.05) is 226 Å². The zero-order valence-electron chi connectivity index (χ0n) is 48.5. The maximum atomic E-state index is 14.7. The molecule has 0 saturated carbocycles. The third-order valence-electron chi connectivity index (χ3n) is 14.9. The topological polar surface area (TPSA) is 145 Å². The van der Waals surface area contributed by atoms with Gasteiger partial charge in [-0.15, -0.1) is 0 Å². The molecule has 2 fully saturated rings. The van der Waals surface area contributed by atoms with Crippen molar-refractivity contribution in [2.24, 2.45) is 0 Å². The standard InChI is InChI=1S/C71H80O14/c1-74-62(72)43-27-4-2-3-5-28-44-77-70-67(65(80-49-57-37-21-10-22-38-57)63(78-47-55-33-17-8-18-34-55)60(82-70)51-75-45-53-29-13-6-14-30-53)85-71-68(84-69(73)59-41-25-12-26-42-59)66(81-50-58-39-23-11-24-40-58)64(79-48-56-35-19-9-20-36-56)61(83-71)52-76-46-54-31-15-7-16-32-54/h6-26,29-42,60-61,63-68,70-71H,2-5,27-28,43-52H2,1H3/t60-,61-,63-,64-,65+,66+,67+,68+,70+,71-/m1/s1. The number of hydrogen-bond acceptors (Lipinski definition) is 14. The van der Waals surface area contributed by atoms with Gasteiger partial charge in [0.1, 0.15) is 42.7 Å². The second kappa shape index (κ2) is 34.9. The zero-order chi connectivity index (χ0) is 58.5. The fourth-order valence-electron chi connectivity index (χ4n) is 10.4. The molecular weight excluding hydrogens is 1080 g/mol. The van der Waals surface area contributed by atoms with Crippen molar-refractivity contribution < 1.29 is 66.4 Å². The first-order valence-electron chi connectivity index (χ1n) is 29.7. The fraction of sp³-hybridized carbons (Fsp3) is 0.380. The van der Waals surface area contributed by atoms with Gasteiger partial charge in [-0.3, -0.25) is 4.79 Å². The highest BCUT2D eigenvalue weighted by Gasteiger charge is 2.55. The van der Waals surface area contributed by atoms with Gasteiger partial charge in [0.15, 0.2) is 18.7 Å². The number of ether oxygens (including phenoxy) is 12. The molecule has 0 bridgehead atoms. The summed E-state index contributed by atoms with van der Waals surface area (Å²) in [6.45, 7) is 1.76. The monoisotopic (exact) mass is 1160 g/mol. The van der Waals surface area contributed by atoms with E-state index in [-0.39, 0.29) is 52.2 Å². The van der Waals surface area contributed by atoms with Gasteiger partial charge in [0, 0.05) is 13.0 Å². The number of rotatable bonds is 34. The molecule has 7 aromatic rings. The van der Waals surface area contributed by atoms with Crippen molar-refractivity contribution in [3.8, 4) is 0 Å². The van der Waals surface area contributed by atoms with Gasteiger partial charge in [0.25, 0.3) is 0 Å². The minimum Gasteiger partial charge on any atom is -0.469 e. The van der Waals surface area contributed by atoms with Crippen molar-refractivity contribution in [1.29, 1.82) is 0 Å². The highest BCUT2D eigenvalue weighted by atomic mass is 16.8. The minimum atomic E-state index is -1.37. The first-order chi connectivity index (χ1) is 42.0. The lowest BCUT2D eigenvalue weighted by atomic mass is 9.96. The molecule has 0 unspecified atom stereocenters. The van der Waals surface area contributed by atoms with E-state index in [1.165, 1.54) is 7.11 Å². The Morgan fingerprint density at radius 2 is 0.718 bits per heavy atom. The van der Waals surface area contributed by atoms with Crippen molar-refractivity contribution >= 4 is 11.9 Å². The van der Waals surface area contributed by atoms with Crippen LogP contribution in [-0.2, 0) is 101 Å². The normalized spacial score (nSPS) is 22.1. The van der Waals surface area contributed by atoms with E-state index in [4.69, 9.17) is 56.8 Å². The number of unbranched alkanes of at least 4 members (excludes halogenated alkanes) is 5. The van der Waals surface area contributed by atoms with Gasteiger partial charge in [-0.25, -0.2) is 4.79 Å². The van der Waals surface area contributed by atoms with E-state index in [1.54, 1.807) is 24.3 Å². The molecule has 0 radical (unpaired) electrons. The Bertz CT molecular complexity index is 2930. The van der Waals surface area contributed by atoms with Crippen LogP contribution in [0.4, 0.5) is 0 Å². The molecule has 0 aliphatic carbocycles. The number of carbonyl (C=O) groups is 2. The van der Waals surface area contributed by atoms with E-state index in [0.29, 0.717) is 31.6 Å². The highest BCUT2D eigenvalue weighted by Crippen LogP contribution is 2.37. The van der Waals surface area contributed by atoms with Gasteiger partial charge in [0.2, 0.25) is 0 Å². The lowest BCUT2D eigenvalue weighted by Crippen LogP contribution is -2.66. The van der Waals surface area contributed by atoms with Crippen LogP contribution in [0.1, 0.15) is 88.7 Å². The van der Waals surface area contributed by atoms with Crippen LogP contribution in [0.3, 0.4) is 0 Å². The van der Waals surface area contributed by atoms with E-state index >= 15 is 0 Å². The van der Waals surface area contributed by atoms with Crippen LogP contribution in [0.2, 0.25) is 0 Å². The van der Waals surface area contributed by atoms with Crippen molar-refractivity contribution in [3.63, 3.8) is 0 Å². The lowest BCUT2D eigenvalue weighted by Gasteiger charge is -2.50. The van der Waals surface area contributed by atoms with Crippen LogP contribution in [0.25, 0.3) is 0 Å². The van der Waals surface area contributed by atoms with Gasteiger partial charge in [0.05, 0.1) is 65.5 Å². The summed E-state index contributed by atoms with van der Waals surface area (Å²) in [5, 5.41) is 0. The maximum absolute atomic E-state index is 14.7. The molecule has 14 nitrogen and oxygen atoms in total. The molecule has 2 aliphatic heterocycles. The zero-order valence-corrected chi connectivity index (χ0v) is 48.5. The summed E-state index contributed by atoms with van der Waals surface area (Å²) in [4.78, 5) is 26.5. The van der Waals surface area contributed by atoms with E-state index in [9.17, 15) is 9.59 Å². The smallest absolute Gasteiger partial charge is 0.338 e. The first-order valence-corrected chi connectivity index (χ1v) is 29.7. The van der Waals surface area contributed by atoms with Crippen molar-refractivity contribution in [1.82, 2.24) is 0 Å². The minimum absolute atomic E-state index is 0.0418. The quantitative estimate of drug-likeness (QED) is 0.0279. The van der Waals surface area contributed by atoms with Crippen LogP contribution < -0.4 is 0 Å². The van der Waals surface area contributed by atoms with E-state index in [0.717, 1.165) is 65.5 Å². The number of esters is 2. The Kier molecular flexibility index (Phi) is 25.7. The maximum Gasteiger partial charge on any atom is 0.338 e. The molecule has 448 valence electrons. The number of methoxy groups -OCH3 is 1. The van der Waals surface area contributed by atoms with Crippen LogP contribution in [0, 0.1) is 0 Å². The highest BCUT2D eigenvalue weighted by molar-refractivity contribution is 5.89. The summed E-state index contributed by atoms with van der Waals surface area (Å²) in [6.07, 6.45) is -4.48. The molecule has 10 atom stereocenters. The summed E-state index contributed by atoms with van der Waals surface area (Å²) >= 11 is 0. The summed E-state index contributed by atoms with van der Waals surface area (Å²) in [6, 6.07) is 68.2. The Morgan fingerprint density at radius 1 is 0.365 bits per heavy atom. The predicted molar refractivity (Wildman–Crippen MR) is 320 cm³/mol. The molecule has 0 spiro atoms. The van der Waals surface area contributed by atoms with Crippen molar-refractivity contribution in [2.75, 3.05) is 26.9 Å². The van der Waals surface area contributed by atoms with Crippen LogP contribution >= 0.6 is 0 Å². The summed E-state index contributed by atoms with van der Waals surface area (Å²) < 4.78 is 81.7. The number of benzene rings is 7. The molecule has 0 amide bonds. The van der Waals surface area contributed by atoms with Gasteiger partial charge >= 0.3 is 11.9 Å². The molecule has 0 aromatic heterocycles. The molecular formula is C71H80O14. The van der Waals surface area contributed by atoms with Crippen LogP contribution in [-0.4, -0.2) is 100 Å². The largest absolute Gasteiger partial charge is 0.469 e. The molecule has 7 aromatic carbocycles. The Balaban J connectivity index is 1.10. The number of hydrogen-bond donors (Lipinski definition) is 0. The molecule has 2 aliphatic rings. The number of carbonyl (C=O) groups excluding carboxylic acids is 2. The molecule has 2 saturated heterocycles. The fourth-order valence-corrected chi connectivity index (χ4v) is 10.4. The molecule has 0 N–H and O–H groups in total. The van der Waals surface area contributed by atoms with Crippen LogP contribution in [0.15, 0.2) is 212 Å². The van der Waals surface area contributed by atoms with E-state index in [2.05, 4.69) is 0 Å². The van der Waals surface area contributed by atoms with Gasteiger partial charge in [-0.2, -0.15) is 0 Å². The third kappa shape index (κ3) is 20.1. The SMILES string of the molecule is COC(=O)CCCCCCCCO[C@H]1O[C@H](COCc2ccccc2)[C@@H](OCc2ccccc2)[C@H](OCc2ccccc2)[C@@H]1O[C@H]1O[C@H](COCc2ccccc2)[C@@H](OCc2ccccc2)[C@H](OCc2ccccc2)[C@@H]1OC(=O)c1ccccc1. The summed E-state index contributed by atoms with van der Waals surface area (Å²) in [7, 11) is 1.42. The van der Waals surface area contributed by atoms with E-state index in [1.807, 2.05) is 188 Å². The lowest BCUT2D eigenvalue weighted by molar-refractivity contribution is -0.379. The molecule has 85 heavy (non-hydrogen) atoms. The Labute approximate surface area is 500 Å².